The van der Waals surface area contributed by atoms with Gasteiger partial charge in [0.1, 0.15) is 11.9 Å². The third-order valence-corrected chi connectivity index (χ3v) is 9.59. The molecule has 3 saturated heterocycles. The lowest BCUT2D eigenvalue weighted by Crippen LogP contribution is -2.60. The van der Waals surface area contributed by atoms with Crippen LogP contribution < -0.4 is 14.7 Å². The molecule has 13 heteroatoms. The van der Waals surface area contributed by atoms with Crippen molar-refractivity contribution >= 4 is 46.5 Å². The minimum atomic E-state index is -4.63. The maximum absolute atomic E-state index is 14.0. The van der Waals surface area contributed by atoms with E-state index in [0.29, 0.717) is 48.6 Å². The number of alkyl halides is 3. The van der Waals surface area contributed by atoms with Crippen molar-refractivity contribution in [3.8, 4) is 0 Å². The second kappa shape index (κ2) is 11.4. The van der Waals surface area contributed by atoms with Gasteiger partial charge in [0.15, 0.2) is 0 Å². The second-order valence-corrected chi connectivity index (χ2v) is 12.6. The van der Waals surface area contributed by atoms with Crippen molar-refractivity contribution in [2.75, 3.05) is 61.0 Å². The first-order valence-electron chi connectivity index (χ1n) is 14.7. The SMILES string of the molecule is C=CC(=O)N1CC(N2CC[C@@H](CN3C[C@H]4CC(=O)N(c5cc(C(F)(F)F)cc(C)n5)[C@@H]4C(=O)N(C)c4cccc(Cl)c43)C2)C1. The number of carbonyl (C=O) groups excluding carboxylic acids is 3. The Morgan fingerprint density at radius 2 is 1.91 bits per heavy atom. The number of likely N-dealkylation sites (tertiary alicyclic amines) is 2. The molecule has 0 radical (unpaired) electrons. The number of para-hydroxylation sites is 1. The van der Waals surface area contributed by atoms with Crippen LogP contribution in [0.15, 0.2) is 43.0 Å². The molecule has 3 fully saturated rings. The highest BCUT2D eigenvalue weighted by Crippen LogP contribution is 2.43. The Kier molecular flexibility index (Phi) is 7.86. The van der Waals surface area contributed by atoms with Crippen molar-refractivity contribution in [3.63, 3.8) is 0 Å². The van der Waals surface area contributed by atoms with E-state index in [0.717, 1.165) is 36.5 Å². The van der Waals surface area contributed by atoms with Crippen LogP contribution in [0.4, 0.5) is 30.4 Å². The lowest BCUT2D eigenvalue weighted by atomic mass is 9.94. The number of benzene rings is 1. The summed E-state index contributed by atoms with van der Waals surface area (Å²) in [5.74, 6) is -1.32. The first-order chi connectivity index (χ1) is 20.8. The molecular weight excluding hydrogens is 597 g/mol. The zero-order valence-electron chi connectivity index (χ0n) is 24.6. The average molecular weight is 631 g/mol. The van der Waals surface area contributed by atoms with Crippen LogP contribution in [0, 0.1) is 18.8 Å². The monoisotopic (exact) mass is 630 g/mol. The standard InChI is InChI=1S/C31H34ClF3N6O3/c1-4-26(42)39-16-22(17-39)38-9-8-19(13-38)14-40-15-20-11-27(43)41(25-12-21(31(33,34)35)10-18(2)36-25)28(20)30(44)37(3)24-7-5-6-23(32)29(24)40/h4-7,10,12,19-20,22,28H,1,8-9,11,13-17H2,2-3H3/t19-,20-,28+/m1/s1. The van der Waals surface area contributed by atoms with E-state index in [1.54, 1.807) is 30.1 Å². The molecule has 6 rings (SSSR count). The molecule has 0 N–H and O–H groups in total. The summed E-state index contributed by atoms with van der Waals surface area (Å²) in [6.07, 6.45) is -2.37. The number of aryl methyl sites for hydroxylation is 1. The number of rotatable bonds is 5. The summed E-state index contributed by atoms with van der Waals surface area (Å²) in [6.45, 7) is 9.02. The summed E-state index contributed by atoms with van der Waals surface area (Å²) < 4.78 is 41.1. The van der Waals surface area contributed by atoms with Crippen LogP contribution in [0.2, 0.25) is 5.02 Å². The largest absolute Gasteiger partial charge is 0.416 e. The molecule has 0 bridgehead atoms. The van der Waals surface area contributed by atoms with Gasteiger partial charge in [-0.05, 0) is 56.1 Å². The number of anilines is 3. The lowest BCUT2D eigenvalue weighted by Gasteiger charge is -2.44. The number of carbonyl (C=O) groups is 3. The number of hydrogen-bond donors (Lipinski definition) is 0. The molecular formula is C31H34ClF3N6O3. The van der Waals surface area contributed by atoms with Gasteiger partial charge in [0.05, 0.1) is 22.0 Å². The van der Waals surface area contributed by atoms with Gasteiger partial charge in [0.2, 0.25) is 17.7 Å². The normalized spacial score (nSPS) is 24.6. The van der Waals surface area contributed by atoms with Gasteiger partial charge in [-0.2, -0.15) is 13.2 Å². The van der Waals surface area contributed by atoms with Gasteiger partial charge in [-0.15, -0.1) is 0 Å². The molecule has 3 amide bonds. The van der Waals surface area contributed by atoms with E-state index in [9.17, 15) is 27.6 Å². The van der Waals surface area contributed by atoms with Gasteiger partial charge in [0, 0.05) is 63.8 Å². The lowest BCUT2D eigenvalue weighted by molar-refractivity contribution is -0.137. The average Bonchev–Trinajstić information content (AvgIpc) is 3.52. The van der Waals surface area contributed by atoms with E-state index in [2.05, 4.69) is 21.4 Å². The summed E-state index contributed by atoms with van der Waals surface area (Å²) in [5, 5.41) is 0.476. The Morgan fingerprint density at radius 1 is 1.16 bits per heavy atom. The van der Waals surface area contributed by atoms with Gasteiger partial charge in [0.25, 0.3) is 0 Å². The highest BCUT2D eigenvalue weighted by Gasteiger charge is 2.50. The van der Waals surface area contributed by atoms with E-state index < -0.39 is 35.5 Å². The van der Waals surface area contributed by atoms with Gasteiger partial charge in [-0.1, -0.05) is 24.2 Å². The number of likely N-dealkylation sites (N-methyl/N-ethyl adjacent to an activating group) is 1. The van der Waals surface area contributed by atoms with Crippen LogP contribution in [-0.4, -0.2) is 90.9 Å². The summed E-state index contributed by atoms with van der Waals surface area (Å²) in [7, 11) is 1.61. The van der Waals surface area contributed by atoms with E-state index in [-0.39, 0.29) is 29.8 Å². The molecule has 0 spiro atoms. The van der Waals surface area contributed by atoms with Crippen LogP contribution in [0.3, 0.4) is 0 Å². The Bertz CT molecular complexity index is 1510. The van der Waals surface area contributed by atoms with Gasteiger partial charge < -0.3 is 14.7 Å². The number of nitrogens with zero attached hydrogens (tertiary/aromatic N) is 6. The van der Waals surface area contributed by atoms with E-state index in [4.69, 9.17) is 11.6 Å². The second-order valence-electron chi connectivity index (χ2n) is 12.2. The zero-order chi connectivity index (χ0) is 31.5. The summed E-state index contributed by atoms with van der Waals surface area (Å²) in [6, 6.07) is 6.36. The molecule has 0 saturated carbocycles. The summed E-state index contributed by atoms with van der Waals surface area (Å²) in [5.41, 5.74) is 0.453. The number of fused-ring (bicyclic) bond motifs is 2. The molecule has 4 aliphatic heterocycles. The zero-order valence-corrected chi connectivity index (χ0v) is 25.3. The number of amides is 3. The van der Waals surface area contributed by atoms with Gasteiger partial charge >= 0.3 is 6.18 Å². The highest BCUT2D eigenvalue weighted by atomic mass is 35.5. The molecule has 0 aliphatic carbocycles. The molecule has 3 atom stereocenters. The molecule has 1 aromatic carbocycles. The fourth-order valence-corrected chi connectivity index (χ4v) is 7.37. The molecule has 234 valence electrons. The number of pyridine rings is 1. The third kappa shape index (κ3) is 5.42. The third-order valence-electron chi connectivity index (χ3n) is 9.29. The van der Waals surface area contributed by atoms with Crippen LogP contribution >= 0.6 is 11.6 Å². The minimum absolute atomic E-state index is 0.0104. The van der Waals surface area contributed by atoms with Gasteiger partial charge in [-0.25, -0.2) is 4.98 Å². The minimum Gasteiger partial charge on any atom is -0.368 e. The van der Waals surface area contributed by atoms with Crippen molar-refractivity contribution in [2.24, 2.45) is 11.8 Å². The maximum atomic E-state index is 14.0. The Labute approximate surface area is 258 Å². The predicted octanol–water partition coefficient (Wildman–Crippen LogP) is 3.99. The van der Waals surface area contributed by atoms with Gasteiger partial charge in [-0.3, -0.25) is 24.2 Å². The Hall–Kier alpha value is -3.64. The number of aromatic nitrogens is 1. The summed E-state index contributed by atoms with van der Waals surface area (Å²) >= 11 is 6.78. The van der Waals surface area contributed by atoms with Crippen LogP contribution in [0.25, 0.3) is 0 Å². The Morgan fingerprint density at radius 3 is 2.61 bits per heavy atom. The molecule has 1 aromatic heterocycles. The van der Waals surface area contributed by atoms with Crippen LogP contribution in [-0.2, 0) is 20.6 Å². The molecule has 4 aliphatic rings. The first kappa shape index (κ1) is 30.4. The topological polar surface area (TPSA) is 80.3 Å². The predicted molar refractivity (Wildman–Crippen MR) is 161 cm³/mol. The first-order valence-corrected chi connectivity index (χ1v) is 15.1. The molecule has 0 unspecified atom stereocenters. The fraction of sp³-hybridized carbons (Fsp3) is 0.484. The molecule has 44 heavy (non-hydrogen) atoms. The smallest absolute Gasteiger partial charge is 0.368 e. The fourth-order valence-electron chi connectivity index (χ4n) is 7.08. The molecule has 2 aromatic rings. The molecule has 5 heterocycles. The Balaban J connectivity index is 1.29. The maximum Gasteiger partial charge on any atom is 0.416 e. The number of halogens is 4. The van der Waals surface area contributed by atoms with E-state index >= 15 is 0 Å². The van der Waals surface area contributed by atoms with E-state index in [1.807, 2.05) is 0 Å². The summed E-state index contributed by atoms with van der Waals surface area (Å²) in [4.78, 5) is 52.6. The van der Waals surface area contributed by atoms with Crippen LogP contribution in [0.1, 0.15) is 24.1 Å². The van der Waals surface area contributed by atoms with E-state index in [1.165, 1.54) is 17.9 Å². The molecule has 9 nitrogen and oxygen atoms in total. The quantitative estimate of drug-likeness (QED) is 0.465. The van der Waals surface area contributed by atoms with Crippen molar-refractivity contribution in [1.82, 2.24) is 14.8 Å². The van der Waals surface area contributed by atoms with Crippen molar-refractivity contribution in [2.45, 2.75) is 38.0 Å². The van der Waals surface area contributed by atoms with Crippen molar-refractivity contribution < 1.29 is 27.6 Å². The van der Waals surface area contributed by atoms with Crippen molar-refractivity contribution in [3.05, 3.63) is 59.3 Å². The highest BCUT2D eigenvalue weighted by molar-refractivity contribution is 6.34. The number of hydrogen-bond acceptors (Lipinski definition) is 6. The van der Waals surface area contributed by atoms with Crippen LogP contribution in [0.5, 0.6) is 0 Å². The van der Waals surface area contributed by atoms with Crippen molar-refractivity contribution in [1.29, 1.82) is 0 Å².